The largest absolute Gasteiger partial charge is 0.462 e. The van der Waals surface area contributed by atoms with Crippen LogP contribution in [0.1, 0.15) is 42.8 Å². The first kappa shape index (κ1) is 26.1. The van der Waals surface area contributed by atoms with Crippen LogP contribution in [0.15, 0.2) is 56.5 Å². The van der Waals surface area contributed by atoms with Crippen molar-refractivity contribution in [1.29, 1.82) is 0 Å². The maximum Gasteiger partial charge on any atom is 0.339 e. The standard InChI is InChI=1S/C26H27ClN2O6/c1-4-12-34-26(33)20-13-17(6-8-22(20)27)23-9-7-18(35-23)14-19-16(2)21(15-28-3)25(32)29(24(19)31)10-5-11-30/h6-9,13-15,30H,4-5,10-12H2,1-3H3/b19-14-,28-15?. The highest BCUT2D eigenvalue weighted by molar-refractivity contribution is 6.33. The van der Waals surface area contributed by atoms with E-state index >= 15 is 0 Å². The molecule has 0 spiro atoms. The van der Waals surface area contributed by atoms with E-state index in [4.69, 9.17) is 25.9 Å². The number of hydrogen-bond donors (Lipinski definition) is 1. The van der Waals surface area contributed by atoms with E-state index in [1.165, 1.54) is 6.21 Å². The van der Waals surface area contributed by atoms with E-state index < -0.39 is 17.8 Å². The van der Waals surface area contributed by atoms with E-state index in [1.807, 2.05) is 6.92 Å². The Morgan fingerprint density at radius 3 is 2.69 bits per heavy atom. The number of aliphatic imine (C=N–C) groups is 1. The maximum absolute atomic E-state index is 13.1. The Labute approximate surface area is 208 Å². The number of ether oxygens (including phenoxy) is 1. The third-order valence-electron chi connectivity index (χ3n) is 5.38. The fraction of sp³-hybridized carbons (Fsp3) is 0.308. The van der Waals surface area contributed by atoms with Crippen LogP contribution in [0.2, 0.25) is 5.02 Å². The Morgan fingerprint density at radius 2 is 2.00 bits per heavy atom. The van der Waals surface area contributed by atoms with Gasteiger partial charge < -0.3 is 14.3 Å². The van der Waals surface area contributed by atoms with Crippen LogP contribution in [-0.4, -0.2) is 60.8 Å². The molecule has 0 saturated carbocycles. The molecular formula is C26H27ClN2O6. The fourth-order valence-corrected chi connectivity index (χ4v) is 3.76. The Hall–Kier alpha value is -3.49. The molecular weight excluding hydrogens is 472 g/mol. The number of nitrogens with zero attached hydrogens (tertiary/aromatic N) is 2. The molecule has 2 heterocycles. The van der Waals surface area contributed by atoms with Crippen molar-refractivity contribution in [2.24, 2.45) is 4.99 Å². The molecule has 3 rings (SSSR count). The van der Waals surface area contributed by atoms with Gasteiger partial charge in [0.2, 0.25) is 0 Å². The summed E-state index contributed by atoms with van der Waals surface area (Å²) in [6.07, 6.45) is 3.95. The summed E-state index contributed by atoms with van der Waals surface area (Å²) < 4.78 is 11.1. The molecule has 8 nitrogen and oxygen atoms in total. The number of benzene rings is 1. The zero-order chi connectivity index (χ0) is 25.5. The molecule has 1 aliphatic rings. The molecule has 2 amide bonds. The SMILES string of the molecule is CCCOC(=O)c1cc(-c2ccc(/C=C3\C(=O)N(CCCO)C(=O)C(C=NC)=C3C)o2)ccc1Cl. The summed E-state index contributed by atoms with van der Waals surface area (Å²) in [5.41, 5.74) is 1.92. The summed E-state index contributed by atoms with van der Waals surface area (Å²) >= 11 is 6.18. The number of rotatable bonds is 9. The molecule has 184 valence electrons. The van der Waals surface area contributed by atoms with E-state index in [0.29, 0.717) is 46.8 Å². The van der Waals surface area contributed by atoms with Crippen LogP contribution in [0.5, 0.6) is 0 Å². The van der Waals surface area contributed by atoms with E-state index in [1.54, 1.807) is 50.4 Å². The number of hydrogen-bond acceptors (Lipinski definition) is 7. The third kappa shape index (κ3) is 5.78. The van der Waals surface area contributed by atoms with Gasteiger partial charge in [-0.1, -0.05) is 18.5 Å². The normalized spacial score (nSPS) is 15.6. The molecule has 35 heavy (non-hydrogen) atoms. The Balaban J connectivity index is 1.97. The first-order valence-electron chi connectivity index (χ1n) is 11.2. The molecule has 2 aromatic rings. The van der Waals surface area contributed by atoms with E-state index in [2.05, 4.69) is 4.99 Å². The van der Waals surface area contributed by atoms with Crippen molar-refractivity contribution in [3.8, 4) is 11.3 Å². The number of aliphatic hydroxyl groups excluding tert-OH is 1. The zero-order valence-corrected chi connectivity index (χ0v) is 20.6. The second-order valence-electron chi connectivity index (χ2n) is 7.86. The van der Waals surface area contributed by atoms with Crippen LogP contribution in [0.25, 0.3) is 17.4 Å². The molecule has 0 fully saturated rings. The highest BCUT2D eigenvalue weighted by Gasteiger charge is 2.34. The van der Waals surface area contributed by atoms with Gasteiger partial charge in [-0.3, -0.25) is 19.5 Å². The first-order valence-corrected chi connectivity index (χ1v) is 11.6. The molecule has 0 bridgehead atoms. The molecule has 0 aliphatic carbocycles. The van der Waals surface area contributed by atoms with E-state index in [-0.39, 0.29) is 30.2 Å². The van der Waals surface area contributed by atoms with Crippen molar-refractivity contribution in [3.05, 3.63) is 63.4 Å². The Kier molecular flexibility index (Phi) is 8.78. The monoisotopic (exact) mass is 498 g/mol. The molecule has 1 aliphatic heterocycles. The van der Waals surface area contributed by atoms with E-state index in [9.17, 15) is 14.4 Å². The van der Waals surface area contributed by atoms with Gasteiger partial charge in [0.1, 0.15) is 11.5 Å². The minimum atomic E-state index is -0.515. The van der Waals surface area contributed by atoms with Gasteiger partial charge in [0, 0.05) is 37.6 Å². The summed E-state index contributed by atoms with van der Waals surface area (Å²) in [4.78, 5) is 43.2. The second-order valence-corrected chi connectivity index (χ2v) is 8.26. The smallest absolute Gasteiger partial charge is 0.339 e. The number of furan rings is 1. The average Bonchev–Trinajstić information content (AvgIpc) is 3.32. The highest BCUT2D eigenvalue weighted by atomic mass is 35.5. The second kappa shape index (κ2) is 11.8. The van der Waals surface area contributed by atoms with Gasteiger partial charge in [-0.25, -0.2) is 4.79 Å². The van der Waals surface area contributed by atoms with Crippen LogP contribution < -0.4 is 0 Å². The van der Waals surface area contributed by atoms with Crippen LogP contribution in [0.3, 0.4) is 0 Å². The molecule has 1 N–H and O–H groups in total. The van der Waals surface area contributed by atoms with Crippen molar-refractivity contribution in [2.45, 2.75) is 26.7 Å². The van der Waals surface area contributed by atoms with E-state index in [0.717, 1.165) is 4.90 Å². The lowest BCUT2D eigenvalue weighted by atomic mass is 9.94. The van der Waals surface area contributed by atoms with Gasteiger partial charge in [-0.05, 0) is 61.7 Å². The summed E-state index contributed by atoms with van der Waals surface area (Å²) in [5, 5.41) is 9.43. The summed E-state index contributed by atoms with van der Waals surface area (Å²) in [7, 11) is 1.54. The quantitative estimate of drug-likeness (QED) is 0.239. The number of halogens is 1. The van der Waals surface area contributed by atoms with Crippen LogP contribution in [0.4, 0.5) is 0 Å². The van der Waals surface area contributed by atoms with Crippen LogP contribution in [-0.2, 0) is 14.3 Å². The van der Waals surface area contributed by atoms with Crippen LogP contribution >= 0.6 is 11.6 Å². The Morgan fingerprint density at radius 1 is 1.23 bits per heavy atom. The zero-order valence-electron chi connectivity index (χ0n) is 19.8. The highest BCUT2D eigenvalue weighted by Crippen LogP contribution is 2.31. The van der Waals surface area contributed by atoms with Gasteiger partial charge >= 0.3 is 5.97 Å². The predicted molar refractivity (Wildman–Crippen MR) is 133 cm³/mol. The molecule has 1 aromatic carbocycles. The summed E-state index contributed by atoms with van der Waals surface area (Å²) in [6, 6.07) is 8.31. The fourth-order valence-electron chi connectivity index (χ4n) is 3.57. The number of amides is 2. The van der Waals surface area contributed by atoms with Gasteiger partial charge in [0.05, 0.1) is 22.8 Å². The number of imide groups is 1. The molecule has 0 atom stereocenters. The van der Waals surface area contributed by atoms with Gasteiger partial charge in [0.25, 0.3) is 11.8 Å². The average molecular weight is 499 g/mol. The van der Waals surface area contributed by atoms with Crippen molar-refractivity contribution in [3.63, 3.8) is 0 Å². The summed E-state index contributed by atoms with van der Waals surface area (Å²) in [6.45, 7) is 3.82. The van der Waals surface area contributed by atoms with Crippen molar-refractivity contribution >= 4 is 41.7 Å². The van der Waals surface area contributed by atoms with Gasteiger partial charge in [-0.15, -0.1) is 0 Å². The first-order chi connectivity index (χ1) is 16.8. The molecule has 0 radical (unpaired) electrons. The predicted octanol–water partition coefficient (Wildman–Crippen LogP) is 4.32. The number of carbonyl (C=O) groups is 3. The molecule has 0 unspecified atom stereocenters. The van der Waals surface area contributed by atoms with Gasteiger partial charge in [0.15, 0.2) is 0 Å². The number of carbonyl (C=O) groups excluding carboxylic acids is 3. The molecule has 0 saturated heterocycles. The minimum absolute atomic E-state index is 0.0882. The Bertz CT molecular complexity index is 1220. The third-order valence-corrected chi connectivity index (χ3v) is 5.71. The van der Waals surface area contributed by atoms with Crippen molar-refractivity contribution < 1.29 is 28.6 Å². The lowest BCUT2D eigenvalue weighted by Crippen LogP contribution is -2.44. The lowest BCUT2D eigenvalue weighted by molar-refractivity contribution is -0.140. The maximum atomic E-state index is 13.1. The summed E-state index contributed by atoms with van der Waals surface area (Å²) in [5.74, 6) is -0.588. The lowest BCUT2D eigenvalue weighted by Gasteiger charge is -2.28. The van der Waals surface area contributed by atoms with Crippen molar-refractivity contribution in [1.82, 2.24) is 4.90 Å². The minimum Gasteiger partial charge on any atom is -0.462 e. The molecule has 9 heteroatoms. The van der Waals surface area contributed by atoms with Gasteiger partial charge in [-0.2, -0.15) is 0 Å². The number of esters is 1. The van der Waals surface area contributed by atoms with Crippen LogP contribution in [0, 0.1) is 0 Å². The topological polar surface area (TPSA) is 109 Å². The number of aliphatic hydroxyl groups is 1. The molecule has 1 aromatic heterocycles. The van der Waals surface area contributed by atoms with Crippen molar-refractivity contribution in [2.75, 3.05) is 26.8 Å².